The first-order valence-electron chi connectivity index (χ1n) is 8.39. The van der Waals surface area contributed by atoms with Gasteiger partial charge in [-0.25, -0.2) is 4.79 Å². The summed E-state index contributed by atoms with van der Waals surface area (Å²) in [6.07, 6.45) is 10.5. The van der Waals surface area contributed by atoms with Crippen molar-refractivity contribution in [2.45, 2.75) is 24.7 Å². The molecule has 2 aromatic rings. The molecule has 0 aliphatic carbocycles. The molecular formula is C22H17NO3. The number of rotatable bonds is 2. The predicted octanol–water partition coefficient (Wildman–Crippen LogP) is 3.57. The Labute approximate surface area is 152 Å². The van der Waals surface area contributed by atoms with Crippen molar-refractivity contribution in [3.8, 4) is 30.4 Å². The topological polar surface area (TPSA) is 42.1 Å². The van der Waals surface area contributed by atoms with Crippen LogP contribution in [-0.4, -0.2) is 18.2 Å². The molecule has 0 spiro atoms. The molecule has 0 radical (unpaired) electrons. The Morgan fingerprint density at radius 2 is 1.88 bits per heavy atom. The fourth-order valence-corrected chi connectivity index (χ4v) is 3.71. The van der Waals surface area contributed by atoms with Gasteiger partial charge in [-0.3, -0.25) is 4.90 Å². The second kappa shape index (κ2) is 5.95. The molecule has 0 unspecified atom stereocenters. The van der Waals surface area contributed by atoms with Crippen LogP contribution in [0.2, 0.25) is 0 Å². The van der Waals surface area contributed by atoms with Gasteiger partial charge in [-0.2, -0.15) is 0 Å². The standard InChI is InChI=1S/C22H17NO3/c1-4-15(3)22-17-13-9-10-14-19(17)23(18(5-2)20(22)26-22)21(24)25-16-11-7-6-8-12-16/h1-2,6-15,18,20H,3H3/t15-,18+,20+,22-/m1/s1. The average Bonchev–Trinajstić information content (AvgIpc) is 3.44. The van der Waals surface area contributed by atoms with Gasteiger partial charge >= 0.3 is 6.09 Å². The Hall–Kier alpha value is -3.21. The molecule has 4 nitrogen and oxygen atoms in total. The number of terminal acetylenes is 2. The molecule has 2 heterocycles. The van der Waals surface area contributed by atoms with Crippen molar-refractivity contribution in [3.05, 3.63) is 60.2 Å². The Bertz CT molecular complexity index is 940. The number of hydrogen-bond acceptors (Lipinski definition) is 3. The minimum absolute atomic E-state index is 0.170. The van der Waals surface area contributed by atoms with Crippen LogP contribution >= 0.6 is 0 Å². The van der Waals surface area contributed by atoms with Crippen LogP contribution in [0, 0.1) is 30.6 Å². The minimum atomic E-state index is -0.647. The summed E-state index contributed by atoms with van der Waals surface area (Å²) < 4.78 is 11.6. The van der Waals surface area contributed by atoms with Gasteiger partial charge in [0.2, 0.25) is 0 Å². The Balaban J connectivity index is 1.77. The number of ether oxygens (including phenoxy) is 2. The van der Waals surface area contributed by atoms with Crippen molar-refractivity contribution in [3.63, 3.8) is 0 Å². The van der Waals surface area contributed by atoms with Crippen molar-refractivity contribution in [2.24, 2.45) is 5.92 Å². The van der Waals surface area contributed by atoms with Crippen molar-refractivity contribution in [1.29, 1.82) is 0 Å². The molecule has 0 saturated carbocycles. The van der Waals surface area contributed by atoms with E-state index in [2.05, 4.69) is 11.8 Å². The number of amides is 1. The van der Waals surface area contributed by atoms with Crippen LogP contribution in [0.25, 0.3) is 0 Å². The van der Waals surface area contributed by atoms with Crippen molar-refractivity contribution < 1.29 is 14.3 Å². The number of fused-ring (bicyclic) bond motifs is 3. The Kier molecular flexibility index (Phi) is 3.72. The Morgan fingerprint density at radius 1 is 1.19 bits per heavy atom. The van der Waals surface area contributed by atoms with E-state index in [1.54, 1.807) is 24.3 Å². The number of epoxide rings is 1. The number of anilines is 1. The number of nitrogens with zero attached hydrogens (tertiary/aromatic N) is 1. The maximum atomic E-state index is 12.9. The summed E-state index contributed by atoms with van der Waals surface area (Å²) in [5.74, 6) is 5.73. The van der Waals surface area contributed by atoms with Gasteiger partial charge in [-0.1, -0.05) is 42.3 Å². The van der Waals surface area contributed by atoms with Gasteiger partial charge < -0.3 is 9.47 Å². The van der Waals surface area contributed by atoms with Crippen LogP contribution in [0.1, 0.15) is 12.5 Å². The zero-order valence-corrected chi connectivity index (χ0v) is 14.3. The van der Waals surface area contributed by atoms with Crippen molar-refractivity contribution in [1.82, 2.24) is 0 Å². The molecule has 128 valence electrons. The predicted molar refractivity (Wildman–Crippen MR) is 98.6 cm³/mol. The molecule has 26 heavy (non-hydrogen) atoms. The van der Waals surface area contributed by atoms with Crippen molar-refractivity contribution >= 4 is 11.8 Å². The van der Waals surface area contributed by atoms with E-state index < -0.39 is 17.7 Å². The highest BCUT2D eigenvalue weighted by molar-refractivity contribution is 5.93. The summed E-state index contributed by atoms with van der Waals surface area (Å²) in [6.45, 7) is 1.93. The highest BCUT2D eigenvalue weighted by Crippen LogP contribution is 2.60. The number of hydrogen-bond donors (Lipinski definition) is 0. The fourth-order valence-electron chi connectivity index (χ4n) is 3.71. The SMILES string of the molecule is C#C[C@@H](C)[C@]12O[C@H]1[C@H](C#C)N(C(=O)Oc1ccccc1)c1ccccc12. The van der Waals surface area contributed by atoms with Crippen LogP contribution in [0.4, 0.5) is 10.5 Å². The van der Waals surface area contributed by atoms with E-state index in [1.807, 2.05) is 37.3 Å². The maximum Gasteiger partial charge on any atom is 0.420 e. The highest BCUT2D eigenvalue weighted by atomic mass is 16.6. The molecule has 2 aromatic carbocycles. The fraction of sp³-hybridized carbons (Fsp3) is 0.227. The summed E-state index contributed by atoms with van der Waals surface area (Å²) in [5, 5.41) is 0. The Morgan fingerprint density at radius 3 is 2.58 bits per heavy atom. The van der Waals surface area contributed by atoms with E-state index in [0.717, 1.165) is 5.56 Å². The van der Waals surface area contributed by atoms with Gasteiger partial charge in [0, 0.05) is 5.56 Å². The van der Waals surface area contributed by atoms with Crippen LogP contribution < -0.4 is 9.64 Å². The van der Waals surface area contributed by atoms with Gasteiger partial charge in [0.1, 0.15) is 23.5 Å². The largest absolute Gasteiger partial charge is 0.420 e. The third-order valence-electron chi connectivity index (χ3n) is 5.05. The summed E-state index contributed by atoms with van der Waals surface area (Å²) >= 11 is 0. The molecule has 2 aliphatic rings. The number of para-hydroxylation sites is 2. The van der Waals surface area contributed by atoms with E-state index in [0.29, 0.717) is 11.4 Å². The van der Waals surface area contributed by atoms with Crippen LogP contribution in [0.5, 0.6) is 5.75 Å². The third kappa shape index (κ3) is 2.20. The summed E-state index contributed by atoms with van der Waals surface area (Å²) in [7, 11) is 0. The number of benzene rings is 2. The number of carbonyl (C=O) groups excluding carboxylic acids is 1. The first-order valence-corrected chi connectivity index (χ1v) is 8.39. The van der Waals surface area contributed by atoms with Gasteiger partial charge in [0.25, 0.3) is 0 Å². The smallest absolute Gasteiger partial charge is 0.410 e. The lowest BCUT2D eigenvalue weighted by Crippen LogP contribution is -2.50. The maximum absolute atomic E-state index is 12.9. The van der Waals surface area contributed by atoms with Crippen molar-refractivity contribution in [2.75, 3.05) is 4.90 Å². The summed E-state index contributed by atoms with van der Waals surface area (Å²) in [6, 6.07) is 15.8. The van der Waals surface area contributed by atoms with Gasteiger partial charge in [0.15, 0.2) is 0 Å². The third-order valence-corrected chi connectivity index (χ3v) is 5.05. The molecule has 1 fully saturated rings. The molecule has 0 aromatic heterocycles. The lowest BCUT2D eigenvalue weighted by molar-refractivity contribution is 0.205. The quantitative estimate of drug-likeness (QED) is 0.618. The molecule has 4 atom stereocenters. The molecule has 1 amide bonds. The highest BCUT2D eigenvalue weighted by Gasteiger charge is 2.69. The van der Waals surface area contributed by atoms with E-state index >= 15 is 0 Å². The molecular weight excluding hydrogens is 326 g/mol. The molecule has 4 rings (SSSR count). The summed E-state index contributed by atoms with van der Waals surface area (Å²) in [4.78, 5) is 14.4. The van der Waals surface area contributed by atoms with E-state index in [1.165, 1.54) is 4.90 Å². The van der Waals surface area contributed by atoms with Gasteiger partial charge in [0.05, 0.1) is 11.6 Å². The average molecular weight is 343 g/mol. The zero-order valence-electron chi connectivity index (χ0n) is 14.3. The second-order valence-corrected chi connectivity index (χ2v) is 6.40. The summed E-state index contributed by atoms with van der Waals surface area (Å²) in [5.41, 5.74) is 0.894. The lowest BCUT2D eigenvalue weighted by Gasteiger charge is -2.35. The molecule has 1 saturated heterocycles. The monoisotopic (exact) mass is 343 g/mol. The van der Waals surface area contributed by atoms with Gasteiger partial charge in [-0.15, -0.1) is 18.8 Å². The molecule has 0 N–H and O–H groups in total. The second-order valence-electron chi connectivity index (χ2n) is 6.40. The van der Waals surface area contributed by atoms with Crippen LogP contribution in [0.3, 0.4) is 0 Å². The molecule has 4 heteroatoms. The first kappa shape index (κ1) is 16.3. The normalized spacial score (nSPS) is 26.5. The van der Waals surface area contributed by atoms with E-state index in [-0.39, 0.29) is 12.0 Å². The zero-order chi connectivity index (χ0) is 18.3. The van der Waals surface area contributed by atoms with E-state index in [9.17, 15) is 4.79 Å². The first-order chi connectivity index (χ1) is 12.6. The molecule has 0 bridgehead atoms. The minimum Gasteiger partial charge on any atom is -0.410 e. The number of carbonyl (C=O) groups is 1. The van der Waals surface area contributed by atoms with Gasteiger partial charge in [-0.05, 0) is 25.1 Å². The van der Waals surface area contributed by atoms with Crippen LogP contribution in [0.15, 0.2) is 54.6 Å². The van der Waals surface area contributed by atoms with E-state index in [4.69, 9.17) is 22.3 Å². The lowest BCUT2D eigenvalue weighted by atomic mass is 9.78. The van der Waals surface area contributed by atoms with Crippen LogP contribution in [-0.2, 0) is 10.3 Å². The molecule has 2 aliphatic heterocycles.